The summed E-state index contributed by atoms with van der Waals surface area (Å²) in [4.78, 5) is 0. The molecule has 0 aliphatic heterocycles. The molecular formula is C17H27NS. The lowest BCUT2D eigenvalue weighted by molar-refractivity contribution is 0.452. The summed E-state index contributed by atoms with van der Waals surface area (Å²) < 4.78 is 0. The maximum absolute atomic E-state index is 3.67. The first kappa shape index (κ1) is 14.9. The van der Waals surface area contributed by atoms with E-state index in [1.807, 2.05) is 0 Å². The summed E-state index contributed by atoms with van der Waals surface area (Å²) in [6.45, 7) is 7.92. The van der Waals surface area contributed by atoms with Crippen LogP contribution in [0.2, 0.25) is 0 Å². The van der Waals surface area contributed by atoms with Crippen molar-refractivity contribution in [3.05, 3.63) is 35.4 Å². The number of benzene rings is 1. The minimum atomic E-state index is 0.669. The molecule has 0 heterocycles. The maximum Gasteiger partial charge on any atom is 0.0164 e. The number of nitrogens with one attached hydrogen (secondary N) is 1. The van der Waals surface area contributed by atoms with Crippen molar-refractivity contribution < 1.29 is 0 Å². The van der Waals surface area contributed by atoms with Gasteiger partial charge in [0.25, 0.3) is 0 Å². The zero-order chi connectivity index (χ0) is 13.7. The molecule has 1 aliphatic carbocycles. The summed E-state index contributed by atoms with van der Waals surface area (Å²) in [5.74, 6) is 2.04. The second kappa shape index (κ2) is 7.35. The number of hydrogen-bond acceptors (Lipinski definition) is 2. The van der Waals surface area contributed by atoms with E-state index in [1.54, 1.807) is 11.1 Å². The van der Waals surface area contributed by atoms with E-state index in [0.29, 0.717) is 6.04 Å². The van der Waals surface area contributed by atoms with Crippen LogP contribution in [-0.2, 0) is 6.42 Å². The van der Waals surface area contributed by atoms with Gasteiger partial charge in [-0.15, -0.1) is 0 Å². The topological polar surface area (TPSA) is 12.0 Å². The molecule has 2 rings (SSSR count). The van der Waals surface area contributed by atoms with E-state index in [4.69, 9.17) is 0 Å². The van der Waals surface area contributed by atoms with Crippen LogP contribution in [0.1, 0.15) is 50.7 Å². The fourth-order valence-corrected chi connectivity index (χ4v) is 3.86. The molecule has 0 spiro atoms. The number of hydrogen-bond donors (Lipinski definition) is 1. The Morgan fingerprint density at radius 3 is 2.79 bits per heavy atom. The van der Waals surface area contributed by atoms with Crippen molar-refractivity contribution >= 4 is 11.8 Å². The third-order valence-electron chi connectivity index (χ3n) is 4.18. The van der Waals surface area contributed by atoms with E-state index in [2.05, 4.69) is 62.1 Å². The van der Waals surface area contributed by atoms with Gasteiger partial charge >= 0.3 is 0 Å². The Kier molecular flexibility index (Phi) is 5.77. The first-order valence-electron chi connectivity index (χ1n) is 7.67. The molecule has 2 heteroatoms. The quantitative estimate of drug-likeness (QED) is 0.763. The number of fused-ring (bicyclic) bond motifs is 1. The van der Waals surface area contributed by atoms with Crippen LogP contribution < -0.4 is 5.32 Å². The van der Waals surface area contributed by atoms with Gasteiger partial charge in [-0.25, -0.2) is 0 Å². The molecule has 19 heavy (non-hydrogen) atoms. The molecular weight excluding hydrogens is 250 g/mol. The van der Waals surface area contributed by atoms with Crippen molar-refractivity contribution in [2.75, 3.05) is 12.3 Å². The Balaban J connectivity index is 1.84. The molecule has 0 aromatic heterocycles. The van der Waals surface area contributed by atoms with Gasteiger partial charge in [-0.05, 0) is 42.9 Å². The first-order valence-corrected chi connectivity index (χ1v) is 8.72. The molecule has 0 fully saturated rings. The van der Waals surface area contributed by atoms with Gasteiger partial charge in [-0.1, -0.05) is 45.0 Å². The van der Waals surface area contributed by atoms with Crippen molar-refractivity contribution in [3.63, 3.8) is 0 Å². The second-order valence-corrected chi connectivity index (χ2v) is 7.11. The Morgan fingerprint density at radius 2 is 2.11 bits per heavy atom. The van der Waals surface area contributed by atoms with Crippen molar-refractivity contribution in [1.29, 1.82) is 0 Å². The third kappa shape index (κ3) is 4.00. The summed E-state index contributed by atoms with van der Waals surface area (Å²) in [7, 11) is 0. The van der Waals surface area contributed by atoms with Gasteiger partial charge in [-0.2, -0.15) is 11.8 Å². The highest BCUT2D eigenvalue weighted by atomic mass is 32.2. The van der Waals surface area contributed by atoms with Crippen LogP contribution in [-0.4, -0.2) is 23.6 Å². The van der Waals surface area contributed by atoms with Crippen molar-refractivity contribution in [2.24, 2.45) is 0 Å². The molecule has 0 saturated carbocycles. The Hall–Kier alpha value is -0.470. The molecule has 0 amide bonds. The molecule has 3 atom stereocenters. The van der Waals surface area contributed by atoms with Gasteiger partial charge in [0.2, 0.25) is 0 Å². The molecule has 1 aromatic rings. The lowest BCUT2D eigenvalue weighted by atomic mass is 9.74. The normalized spacial score (nSPS) is 20.5. The second-order valence-electron chi connectivity index (χ2n) is 5.64. The fraction of sp³-hybridized carbons (Fsp3) is 0.647. The molecule has 1 N–H and O–H groups in total. The Bertz CT molecular complexity index is 391. The minimum Gasteiger partial charge on any atom is -0.313 e. The molecule has 1 aromatic carbocycles. The summed E-state index contributed by atoms with van der Waals surface area (Å²) in [5, 5.41) is 4.46. The van der Waals surface area contributed by atoms with Gasteiger partial charge in [0, 0.05) is 17.0 Å². The predicted molar refractivity (Wildman–Crippen MR) is 87.2 cm³/mol. The van der Waals surface area contributed by atoms with Crippen LogP contribution in [0.25, 0.3) is 0 Å². The summed E-state index contributed by atoms with van der Waals surface area (Å²) in [6, 6.07) is 9.61. The molecule has 0 saturated heterocycles. The Morgan fingerprint density at radius 1 is 1.32 bits per heavy atom. The van der Waals surface area contributed by atoms with Crippen LogP contribution in [0.3, 0.4) is 0 Å². The first-order chi connectivity index (χ1) is 9.24. The standard InChI is InChI=1S/C17H27NS/c1-4-13(3)19-12-16(18-5-2)11-15-10-14-8-6-7-9-17(14)15/h6-9,13,15-16,18H,4-5,10-12H2,1-3H3. The summed E-state index contributed by atoms with van der Waals surface area (Å²) >= 11 is 2.12. The molecule has 3 unspecified atom stereocenters. The van der Waals surface area contributed by atoms with Crippen LogP contribution >= 0.6 is 11.8 Å². The van der Waals surface area contributed by atoms with E-state index < -0.39 is 0 Å². The average molecular weight is 277 g/mol. The van der Waals surface area contributed by atoms with Gasteiger partial charge in [0.1, 0.15) is 0 Å². The lowest BCUT2D eigenvalue weighted by Crippen LogP contribution is -2.35. The fourth-order valence-electron chi connectivity index (χ4n) is 2.81. The van der Waals surface area contributed by atoms with E-state index in [-0.39, 0.29) is 0 Å². The summed E-state index contributed by atoms with van der Waals surface area (Å²) in [6.07, 6.45) is 3.86. The highest BCUT2D eigenvalue weighted by molar-refractivity contribution is 7.99. The van der Waals surface area contributed by atoms with E-state index in [0.717, 1.165) is 17.7 Å². The van der Waals surface area contributed by atoms with Crippen LogP contribution in [0.4, 0.5) is 0 Å². The molecule has 106 valence electrons. The van der Waals surface area contributed by atoms with Crippen LogP contribution in [0.5, 0.6) is 0 Å². The SMILES string of the molecule is CCNC(CSC(C)CC)CC1Cc2ccccc21. The van der Waals surface area contributed by atoms with Crippen molar-refractivity contribution in [3.8, 4) is 0 Å². The highest BCUT2D eigenvalue weighted by Crippen LogP contribution is 2.38. The monoisotopic (exact) mass is 277 g/mol. The predicted octanol–water partition coefficient (Wildman–Crippen LogP) is 4.23. The molecule has 0 radical (unpaired) electrons. The van der Waals surface area contributed by atoms with E-state index in [9.17, 15) is 0 Å². The summed E-state index contributed by atoms with van der Waals surface area (Å²) in [5.41, 5.74) is 3.16. The van der Waals surface area contributed by atoms with Gasteiger partial charge in [0.15, 0.2) is 0 Å². The van der Waals surface area contributed by atoms with E-state index in [1.165, 1.54) is 25.0 Å². The molecule has 0 bridgehead atoms. The van der Waals surface area contributed by atoms with Crippen LogP contribution in [0, 0.1) is 0 Å². The van der Waals surface area contributed by atoms with Gasteiger partial charge < -0.3 is 5.32 Å². The van der Waals surface area contributed by atoms with Gasteiger partial charge in [0.05, 0.1) is 0 Å². The Labute approximate surface area is 122 Å². The van der Waals surface area contributed by atoms with Crippen LogP contribution in [0.15, 0.2) is 24.3 Å². The maximum atomic E-state index is 3.67. The molecule has 1 nitrogen and oxygen atoms in total. The average Bonchev–Trinajstić information content (AvgIpc) is 2.41. The lowest BCUT2D eigenvalue weighted by Gasteiger charge is -2.33. The minimum absolute atomic E-state index is 0.669. The third-order valence-corrected chi connectivity index (χ3v) is 5.68. The van der Waals surface area contributed by atoms with E-state index >= 15 is 0 Å². The van der Waals surface area contributed by atoms with Gasteiger partial charge in [-0.3, -0.25) is 0 Å². The number of thioether (sulfide) groups is 1. The molecule has 1 aliphatic rings. The van der Waals surface area contributed by atoms with Crippen molar-refractivity contribution in [1.82, 2.24) is 5.32 Å². The largest absolute Gasteiger partial charge is 0.313 e. The number of rotatable bonds is 8. The zero-order valence-electron chi connectivity index (χ0n) is 12.5. The smallest absolute Gasteiger partial charge is 0.0164 e. The zero-order valence-corrected chi connectivity index (χ0v) is 13.3. The highest BCUT2D eigenvalue weighted by Gasteiger charge is 2.27. The van der Waals surface area contributed by atoms with Crippen molar-refractivity contribution in [2.45, 2.75) is 57.2 Å².